The Kier molecular flexibility index (Phi) is 8.19. The van der Waals surface area contributed by atoms with E-state index in [0.29, 0.717) is 13.2 Å². The van der Waals surface area contributed by atoms with Gasteiger partial charge in [0.2, 0.25) is 0 Å². The predicted molar refractivity (Wildman–Crippen MR) is 99.6 cm³/mol. The molecule has 0 aliphatic heterocycles. The summed E-state index contributed by atoms with van der Waals surface area (Å²) in [4.78, 5) is 0. The van der Waals surface area contributed by atoms with Gasteiger partial charge in [-0.2, -0.15) is 0 Å². The van der Waals surface area contributed by atoms with E-state index >= 15 is 0 Å². The van der Waals surface area contributed by atoms with Gasteiger partial charge in [-0.3, -0.25) is 0 Å². The highest BCUT2D eigenvalue weighted by Gasteiger charge is 2.11. The van der Waals surface area contributed by atoms with Crippen LogP contribution in [0.5, 0.6) is 11.5 Å². The maximum Gasteiger partial charge on any atom is 0.166 e. The van der Waals surface area contributed by atoms with Gasteiger partial charge in [-0.1, -0.05) is 62.2 Å². The molecule has 0 aliphatic rings. The van der Waals surface area contributed by atoms with Crippen LogP contribution in [-0.4, -0.2) is 13.2 Å². The molecule has 0 fully saturated rings. The van der Waals surface area contributed by atoms with Crippen LogP contribution in [0.1, 0.15) is 44.2 Å². The molecule has 0 atom stereocenters. The molecule has 0 spiro atoms. The molecule has 0 saturated heterocycles. The van der Waals surface area contributed by atoms with E-state index in [2.05, 4.69) is 30.4 Å². The van der Waals surface area contributed by atoms with E-state index in [-0.39, 0.29) is 0 Å². The van der Waals surface area contributed by atoms with Gasteiger partial charge in [0.1, 0.15) is 6.61 Å². The number of rotatable bonds is 11. The van der Waals surface area contributed by atoms with Crippen LogP contribution in [0.3, 0.4) is 0 Å². The van der Waals surface area contributed by atoms with Crippen LogP contribution in [0.2, 0.25) is 0 Å². The lowest BCUT2D eigenvalue weighted by atomic mass is 10.1. The lowest BCUT2D eigenvalue weighted by Crippen LogP contribution is -2.15. The van der Waals surface area contributed by atoms with Crippen molar-refractivity contribution in [2.45, 2.75) is 46.3 Å². The zero-order chi connectivity index (χ0) is 17.0. The number of unbranched alkanes of at least 4 members (excludes halogenated alkanes) is 2. The molecule has 1 N–H and O–H groups in total. The van der Waals surface area contributed by atoms with Gasteiger partial charge in [-0.15, -0.1) is 0 Å². The molecule has 3 nitrogen and oxygen atoms in total. The SMILES string of the molecule is CCCCCNCc1cccc(OCC)c1OCc1ccccc1. The van der Waals surface area contributed by atoms with Crippen LogP contribution >= 0.6 is 0 Å². The van der Waals surface area contributed by atoms with Crippen LogP contribution in [0.25, 0.3) is 0 Å². The average Bonchev–Trinajstić information content (AvgIpc) is 2.62. The lowest BCUT2D eigenvalue weighted by molar-refractivity contribution is 0.266. The number of hydrogen-bond acceptors (Lipinski definition) is 3. The Morgan fingerprint density at radius 3 is 2.46 bits per heavy atom. The van der Waals surface area contributed by atoms with Crippen molar-refractivity contribution >= 4 is 0 Å². The van der Waals surface area contributed by atoms with E-state index in [1.807, 2.05) is 37.3 Å². The second kappa shape index (κ2) is 10.7. The summed E-state index contributed by atoms with van der Waals surface area (Å²) in [5.41, 5.74) is 2.30. The van der Waals surface area contributed by atoms with Crippen molar-refractivity contribution in [3.05, 3.63) is 59.7 Å². The zero-order valence-corrected chi connectivity index (χ0v) is 14.9. The Morgan fingerprint density at radius 2 is 1.71 bits per heavy atom. The second-order valence-electron chi connectivity index (χ2n) is 5.84. The molecule has 130 valence electrons. The molecule has 0 saturated carbocycles. The summed E-state index contributed by atoms with van der Waals surface area (Å²) in [6, 6.07) is 16.3. The first-order valence-electron chi connectivity index (χ1n) is 8.97. The molecule has 0 aliphatic carbocycles. The molecule has 0 heterocycles. The Bertz CT molecular complexity index is 584. The van der Waals surface area contributed by atoms with Crippen LogP contribution in [0.4, 0.5) is 0 Å². The van der Waals surface area contributed by atoms with Gasteiger partial charge in [0.25, 0.3) is 0 Å². The smallest absolute Gasteiger partial charge is 0.166 e. The molecule has 24 heavy (non-hydrogen) atoms. The van der Waals surface area contributed by atoms with E-state index in [1.54, 1.807) is 0 Å². The maximum absolute atomic E-state index is 6.12. The number of hydrogen-bond donors (Lipinski definition) is 1. The molecule has 2 aromatic carbocycles. The molecule has 2 aromatic rings. The maximum atomic E-state index is 6.12. The zero-order valence-electron chi connectivity index (χ0n) is 14.9. The summed E-state index contributed by atoms with van der Waals surface area (Å²) < 4.78 is 11.9. The van der Waals surface area contributed by atoms with Crippen LogP contribution < -0.4 is 14.8 Å². The minimum absolute atomic E-state index is 0.549. The van der Waals surface area contributed by atoms with Crippen molar-refractivity contribution in [3.63, 3.8) is 0 Å². The average molecular weight is 327 g/mol. The van der Waals surface area contributed by atoms with E-state index in [0.717, 1.165) is 35.7 Å². The monoisotopic (exact) mass is 327 g/mol. The van der Waals surface area contributed by atoms with Gasteiger partial charge >= 0.3 is 0 Å². The van der Waals surface area contributed by atoms with E-state index in [1.165, 1.54) is 19.3 Å². The van der Waals surface area contributed by atoms with E-state index in [9.17, 15) is 0 Å². The minimum atomic E-state index is 0.549. The van der Waals surface area contributed by atoms with Crippen molar-refractivity contribution < 1.29 is 9.47 Å². The van der Waals surface area contributed by atoms with Gasteiger partial charge in [-0.25, -0.2) is 0 Å². The topological polar surface area (TPSA) is 30.5 Å². The number of ether oxygens (including phenoxy) is 2. The molecule has 0 bridgehead atoms. The quantitative estimate of drug-likeness (QED) is 0.593. The largest absolute Gasteiger partial charge is 0.490 e. The van der Waals surface area contributed by atoms with Crippen LogP contribution in [-0.2, 0) is 13.2 Å². The van der Waals surface area contributed by atoms with Crippen molar-refractivity contribution in [1.82, 2.24) is 5.32 Å². The highest BCUT2D eigenvalue weighted by molar-refractivity contribution is 5.46. The first-order valence-corrected chi connectivity index (χ1v) is 8.97. The second-order valence-corrected chi connectivity index (χ2v) is 5.84. The Labute approximate surface area is 146 Å². The molecule has 0 amide bonds. The number of para-hydroxylation sites is 1. The first-order chi connectivity index (χ1) is 11.8. The normalized spacial score (nSPS) is 10.6. The van der Waals surface area contributed by atoms with Crippen LogP contribution in [0, 0.1) is 0 Å². The first kappa shape index (κ1) is 18.3. The summed E-state index contributed by atoms with van der Waals surface area (Å²) in [6.07, 6.45) is 3.72. The highest BCUT2D eigenvalue weighted by Crippen LogP contribution is 2.32. The molecular weight excluding hydrogens is 298 g/mol. The Hall–Kier alpha value is -2.00. The van der Waals surface area contributed by atoms with Gasteiger partial charge < -0.3 is 14.8 Å². The van der Waals surface area contributed by atoms with Crippen LogP contribution in [0.15, 0.2) is 48.5 Å². The highest BCUT2D eigenvalue weighted by atomic mass is 16.5. The molecule has 2 rings (SSSR count). The molecule has 3 heteroatoms. The van der Waals surface area contributed by atoms with Crippen molar-refractivity contribution in [2.24, 2.45) is 0 Å². The third-order valence-electron chi connectivity index (χ3n) is 3.86. The minimum Gasteiger partial charge on any atom is -0.490 e. The number of nitrogens with one attached hydrogen (secondary N) is 1. The molecule has 0 aromatic heterocycles. The van der Waals surface area contributed by atoms with Gasteiger partial charge in [-0.05, 0) is 31.5 Å². The fourth-order valence-corrected chi connectivity index (χ4v) is 2.59. The summed E-state index contributed by atoms with van der Waals surface area (Å²) in [6.45, 7) is 7.24. The summed E-state index contributed by atoms with van der Waals surface area (Å²) in [7, 11) is 0. The summed E-state index contributed by atoms with van der Waals surface area (Å²) in [5.74, 6) is 1.67. The van der Waals surface area contributed by atoms with Gasteiger partial charge in [0.15, 0.2) is 11.5 Å². The standard InChI is InChI=1S/C21H29NO2/c1-3-5-9-15-22-16-19-13-10-14-20(23-4-2)21(19)24-17-18-11-7-6-8-12-18/h6-8,10-14,22H,3-5,9,15-17H2,1-2H3. The summed E-state index contributed by atoms with van der Waals surface area (Å²) in [5, 5.41) is 3.51. The fourth-order valence-electron chi connectivity index (χ4n) is 2.59. The third kappa shape index (κ3) is 5.89. The summed E-state index contributed by atoms with van der Waals surface area (Å²) >= 11 is 0. The Morgan fingerprint density at radius 1 is 0.875 bits per heavy atom. The number of benzene rings is 2. The predicted octanol–water partition coefficient (Wildman–Crippen LogP) is 4.94. The van der Waals surface area contributed by atoms with E-state index in [4.69, 9.17) is 9.47 Å². The molecule has 0 unspecified atom stereocenters. The fraction of sp³-hybridized carbons (Fsp3) is 0.429. The van der Waals surface area contributed by atoms with Crippen molar-refractivity contribution in [3.8, 4) is 11.5 Å². The lowest BCUT2D eigenvalue weighted by Gasteiger charge is -2.16. The third-order valence-corrected chi connectivity index (χ3v) is 3.86. The van der Waals surface area contributed by atoms with Gasteiger partial charge in [0.05, 0.1) is 6.61 Å². The molecular formula is C21H29NO2. The van der Waals surface area contributed by atoms with Crippen molar-refractivity contribution in [2.75, 3.05) is 13.2 Å². The van der Waals surface area contributed by atoms with Gasteiger partial charge in [0, 0.05) is 12.1 Å². The Balaban J connectivity index is 2.03. The molecule has 0 radical (unpaired) electrons. The van der Waals surface area contributed by atoms with Crippen molar-refractivity contribution in [1.29, 1.82) is 0 Å². The van der Waals surface area contributed by atoms with E-state index < -0.39 is 0 Å².